The van der Waals surface area contributed by atoms with E-state index in [9.17, 15) is 52.3 Å². The van der Waals surface area contributed by atoms with Crippen LogP contribution in [0.3, 0.4) is 0 Å². The highest BCUT2D eigenvalue weighted by Gasteiger charge is 2.44. The van der Waals surface area contributed by atoms with Crippen LogP contribution in [0, 0.1) is 23.6 Å². The molecule has 0 radical (unpaired) electrons. The van der Waals surface area contributed by atoms with Gasteiger partial charge in [0, 0.05) is 38.0 Å². The SMILES string of the molecule is COc1ccc(C[C@@H](C(=O)N[C@@H](CC(C)C)C(=O)NC(C)(C)C(=O)N[C@@H](CC(C)C)C(=O)N[C@@H](CC(C)C)C(=O)NC(C)(C)C(=O)NC(C)(C)C(=O)NCCC(=O)NC2(CN(C)C)CCC2)N(C=O)[C@@H]2CCCN2C(=O)c2ccc(F)cc2)cc1Cl. The summed E-state index contributed by atoms with van der Waals surface area (Å²) in [4.78, 5) is 144. The molecule has 22 nitrogen and oxygen atoms in total. The van der Waals surface area contributed by atoms with E-state index in [4.69, 9.17) is 16.3 Å². The van der Waals surface area contributed by atoms with E-state index in [1.54, 1.807) is 18.2 Å². The lowest BCUT2D eigenvalue weighted by Crippen LogP contribution is -2.65. The van der Waals surface area contributed by atoms with Crippen LogP contribution in [-0.2, 0) is 49.6 Å². The normalized spacial score (nSPS) is 16.4. The summed E-state index contributed by atoms with van der Waals surface area (Å²) in [6.45, 7) is 20.8. The van der Waals surface area contributed by atoms with E-state index in [1.807, 2.05) is 60.5 Å². The van der Waals surface area contributed by atoms with Gasteiger partial charge in [0.25, 0.3) is 5.91 Å². The number of carbonyl (C=O) groups excluding carboxylic acids is 10. The molecule has 1 aliphatic carbocycles. The number of likely N-dealkylation sites (N-methyl/N-ethyl adjacent to an activating group) is 1. The molecule has 478 valence electrons. The molecule has 0 unspecified atom stereocenters. The van der Waals surface area contributed by atoms with Crippen molar-refractivity contribution in [3.63, 3.8) is 0 Å². The summed E-state index contributed by atoms with van der Waals surface area (Å²) < 4.78 is 19.2. The Balaban J connectivity index is 1.48. The molecule has 2 aliphatic rings. The summed E-state index contributed by atoms with van der Waals surface area (Å²) >= 11 is 6.52. The van der Waals surface area contributed by atoms with E-state index in [2.05, 4.69) is 42.5 Å². The molecule has 1 saturated carbocycles. The number of halogens is 2. The lowest BCUT2D eigenvalue weighted by Gasteiger charge is -2.44. The van der Waals surface area contributed by atoms with Crippen molar-refractivity contribution in [3.8, 4) is 5.75 Å². The minimum Gasteiger partial charge on any atom is -0.495 e. The first-order valence-electron chi connectivity index (χ1n) is 29.8. The Morgan fingerprint density at radius 2 is 1.23 bits per heavy atom. The molecule has 24 heteroatoms. The van der Waals surface area contributed by atoms with Crippen molar-refractivity contribution in [1.82, 2.24) is 57.2 Å². The largest absolute Gasteiger partial charge is 0.495 e. The van der Waals surface area contributed by atoms with E-state index < -0.39 is 100 Å². The zero-order valence-electron chi connectivity index (χ0n) is 53.0. The van der Waals surface area contributed by atoms with Crippen LogP contribution in [-0.4, -0.2) is 168 Å². The molecule has 2 aromatic rings. The zero-order chi connectivity index (χ0) is 64.6. The van der Waals surface area contributed by atoms with Crippen molar-refractivity contribution in [3.05, 3.63) is 64.4 Å². The molecule has 5 atom stereocenters. The van der Waals surface area contributed by atoms with Gasteiger partial charge in [-0.2, -0.15) is 0 Å². The predicted molar refractivity (Wildman–Crippen MR) is 326 cm³/mol. The monoisotopic (exact) mass is 1220 g/mol. The molecule has 0 aromatic heterocycles. The second-order valence-electron chi connectivity index (χ2n) is 26.1. The van der Waals surface area contributed by atoms with Gasteiger partial charge in [0.15, 0.2) is 0 Å². The quantitative estimate of drug-likeness (QED) is 0.0470. The van der Waals surface area contributed by atoms with Crippen LogP contribution in [0.1, 0.15) is 157 Å². The first-order valence-corrected chi connectivity index (χ1v) is 30.2. The summed E-state index contributed by atoms with van der Waals surface area (Å²) in [5.74, 6) is -6.26. The van der Waals surface area contributed by atoms with Crippen LogP contribution < -0.4 is 47.3 Å². The maximum Gasteiger partial charge on any atom is 0.255 e. The van der Waals surface area contributed by atoms with E-state index in [0.717, 1.165) is 31.4 Å². The van der Waals surface area contributed by atoms with Crippen molar-refractivity contribution in [1.29, 1.82) is 0 Å². The fraction of sp³-hybridized carbons (Fsp3) is 0.645. The molecule has 86 heavy (non-hydrogen) atoms. The first-order chi connectivity index (χ1) is 40.0. The number of amides is 10. The Hall–Kier alpha value is -6.88. The predicted octanol–water partition coefficient (Wildman–Crippen LogP) is 4.50. The minimum atomic E-state index is -1.72. The third kappa shape index (κ3) is 20.6. The Bertz CT molecular complexity index is 2730. The Morgan fingerprint density at radius 1 is 0.709 bits per heavy atom. The molecule has 0 spiro atoms. The number of nitrogens with one attached hydrogen (secondary N) is 8. The summed E-state index contributed by atoms with van der Waals surface area (Å²) in [6, 6.07) is 4.86. The number of nitrogens with zero attached hydrogens (tertiary/aromatic N) is 3. The van der Waals surface area contributed by atoms with E-state index in [-0.39, 0.29) is 85.0 Å². The lowest BCUT2D eigenvalue weighted by atomic mass is 9.76. The van der Waals surface area contributed by atoms with Gasteiger partial charge in [0.2, 0.25) is 53.7 Å². The van der Waals surface area contributed by atoms with Crippen molar-refractivity contribution in [2.45, 2.75) is 200 Å². The third-order valence-corrected chi connectivity index (χ3v) is 15.6. The number of methoxy groups -OCH3 is 1. The standard InChI is InChI=1S/C62H95ClFN11O11/c1-37(2)30-44(51(78)66-45(31-38(3)4)52(79)71-61(11,12)58(85)72-59(7,8)56(83)65-28-25-49(77)69-62(26-17-27-62)35-73(13)14)68-57(84)60(9,10)70-53(80)46(32-39(5)6)67-54(81)47(34-40-19-24-48(86-15)43(63)33-40)75(36-76)50-18-16-29-74(50)55(82)41-20-22-42(64)23-21-41/h19-24,33,36-39,44-47,50H,16-18,25-32,34-35H2,1-15H3,(H,65,83)(H,66,78)(H,67,81)(H,68,84)(H,69,77)(H,70,80)(H,71,79)(H,72,85)/t44-,45-,46-,47-,50+/m0/s1. The van der Waals surface area contributed by atoms with E-state index in [1.165, 1.54) is 70.6 Å². The fourth-order valence-corrected chi connectivity index (χ4v) is 10.9. The van der Waals surface area contributed by atoms with E-state index in [0.29, 0.717) is 37.1 Å². The second-order valence-corrected chi connectivity index (χ2v) is 26.5. The molecular formula is C62H95ClFN11O11. The molecule has 1 heterocycles. The molecule has 1 aliphatic heterocycles. The third-order valence-electron chi connectivity index (χ3n) is 15.3. The van der Waals surface area contributed by atoms with Gasteiger partial charge in [-0.3, -0.25) is 47.9 Å². The minimum absolute atomic E-state index is 0.0329. The molecular weight excluding hydrogens is 1130 g/mol. The number of likely N-dealkylation sites (tertiary alicyclic amines) is 1. The van der Waals surface area contributed by atoms with E-state index >= 15 is 0 Å². The fourth-order valence-electron chi connectivity index (χ4n) is 10.6. The van der Waals surface area contributed by atoms with Crippen molar-refractivity contribution >= 4 is 71.2 Å². The molecule has 8 N–H and O–H groups in total. The highest BCUT2D eigenvalue weighted by atomic mass is 35.5. The maximum atomic E-state index is 14.8. The topological polar surface area (TPSA) is 286 Å². The van der Waals surface area contributed by atoms with Crippen LogP contribution in [0.5, 0.6) is 5.75 Å². The van der Waals surface area contributed by atoms with Crippen LogP contribution in [0.4, 0.5) is 4.39 Å². The summed E-state index contributed by atoms with van der Waals surface area (Å²) in [6.07, 6.45) is 3.40. The molecule has 10 amide bonds. The van der Waals surface area contributed by atoms with Gasteiger partial charge in [-0.25, -0.2) is 4.39 Å². The number of rotatable bonds is 32. The van der Waals surface area contributed by atoms with Crippen molar-refractivity contribution < 1.29 is 57.1 Å². The summed E-state index contributed by atoms with van der Waals surface area (Å²) in [5.41, 5.74) is -4.37. The molecule has 1 saturated heterocycles. The summed E-state index contributed by atoms with van der Waals surface area (Å²) in [7, 11) is 5.34. The Labute approximate surface area is 512 Å². The Morgan fingerprint density at radius 3 is 1.72 bits per heavy atom. The highest BCUT2D eigenvalue weighted by molar-refractivity contribution is 6.32. The van der Waals surface area contributed by atoms with Gasteiger partial charge < -0.3 is 62.0 Å². The first kappa shape index (κ1) is 71.6. The van der Waals surface area contributed by atoms with Crippen LogP contribution in [0.25, 0.3) is 0 Å². The van der Waals surface area contributed by atoms with Gasteiger partial charge in [0.1, 0.15) is 58.5 Å². The van der Waals surface area contributed by atoms with Crippen LogP contribution in [0.2, 0.25) is 5.02 Å². The molecule has 2 aromatic carbocycles. The molecule has 4 rings (SSSR count). The number of hydrogen-bond acceptors (Lipinski definition) is 12. The van der Waals surface area contributed by atoms with Gasteiger partial charge in [-0.05, 0) is 167 Å². The van der Waals surface area contributed by atoms with Gasteiger partial charge in [0.05, 0.1) is 17.7 Å². The zero-order valence-corrected chi connectivity index (χ0v) is 53.8. The summed E-state index contributed by atoms with van der Waals surface area (Å²) in [5, 5.41) is 22.6. The average Bonchev–Trinajstić information content (AvgIpc) is 1.90. The van der Waals surface area contributed by atoms with Crippen LogP contribution in [0.15, 0.2) is 42.5 Å². The smallest absolute Gasteiger partial charge is 0.255 e. The second kappa shape index (κ2) is 31.2. The lowest BCUT2D eigenvalue weighted by molar-refractivity contribution is -0.140. The van der Waals surface area contributed by atoms with Gasteiger partial charge in [-0.15, -0.1) is 0 Å². The van der Waals surface area contributed by atoms with Gasteiger partial charge >= 0.3 is 0 Å². The van der Waals surface area contributed by atoms with Crippen LogP contribution >= 0.6 is 11.6 Å². The number of ether oxygens (including phenoxy) is 1. The average molecular weight is 1220 g/mol. The Kier molecular flexibility index (Phi) is 25.9. The molecule has 0 bridgehead atoms. The number of benzene rings is 2. The highest BCUT2D eigenvalue weighted by Crippen LogP contribution is 2.33. The van der Waals surface area contributed by atoms with Crippen molar-refractivity contribution in [2.24, 2.45) is 17.8 Å². The molecule has 2 fully saturated rings. The van der Waals surface area contributed by atoms with Crippen molar-refractivity contribution in [2.75, 3.05) is 40.8 Å². The van der Waals surface area contributed by atoms with Gasteiger partial charge in [-0.1, -0.05) is 59.2 Å². The number of hydrogen-bond donors (Lipinski definition) is 8. The number of carbonyl (C=O) groups is 10. The maximum absolute atomic E-state index is 14.8.